The average Bonchev–Trinajstić information content (AvgIpc) is 2.78. The molecule has 0 spiro atoms. The van der Waals surface area contributed by atoms with Gasteiger partial charge in [-0.05, 0) is 26.8 Å². The topological polar surface area (TPSA) is 52.0 Å². The number of aromatic nitrogens is 3. The van der Waals surface area contributed by atoms with Crippen LogP contribution in [0.3, 0.4) is 0 Å². The van der Waals surface area contributed by atoms with Crippen LogP contribution in [0.5, 0.6) is 0 Å². The number of halogens is 1. The minimum Gasteiger partial charge on any atom is -0.265 e. The van der Waals surface area contributed by atoms with Gasteiger partial charge in [0.2, 0.25) is 0 Å². The van der Waals surface area contributed by atoms with Crippen LogP contribution in [0.2, 0.25) is 0 Å². The van der Waals surface area contributed by atoms with Crippen LogP contribution in [-0.4, -0.2) is 20.6 Å². The molecule has 2 heterocycles. The van der Waals surface area contributed by atoms with Crippen LogP contribution in [0.25, 0.3) is 0 Å². The highest BCUT2D eigenvalue weighted by atomic mass is 32.2. The minimum atomic E-state index is -1.10. The van der Waals surface area contributed by atoms with Gasteiger partial charge in [-0.1, -0.05) is 0 Å². The fourth-order valence-electron chi connectivity index (χ4n) is 1.65. The summed E-state index contributed by atoms with van der Waals surface area (Å²) in [4.78, 5) is 6.75. The van der Waals surface area contributed by atoms with Crippen molar-refractivity contribution < 1.29 is 9.23 Å². The number of nitrogens with zero attached hydrogens (tertiary/aromatic N) is 3. The Bertz CT molecular complexity index is 470. The van der Waals surface area contributed by atoms with E-state index >= 15 is 0 Å². The second-order valence-electron chi connectivity index (χ2n) is 4.74. The third-order valence-corrected chi connectivity index (χ3v) is 3.38. The Morgan fingerprint density at radius 1 is 1.56 bits per heavy atom. The van der Waals surface area contributed by atoms with Crippen LogP contribution in [0.1, 0.15) is 38.3 Å². The summed E-state index contributed by atoms with van der Waals surface area (Å²) in [5, 5.41) is 9.13. The highest BCUT2D eigenvalue weighted by Gasteiger charge is 2.25. The van der Waals surface area contributed by atoms with Crippen molar-refractivity contribution in [1.29, 1.82) is 0 Å². The molecule has 1 N–H and O–H groups in total. The molecule has 100 valence electrons. The number of aryl methyl sites for hydroxylation is 1. The Kier molecular flexibility index (Phi) is 3.63. The van der Waals surface area contributed by atoms with Gasteiger partial charge >= 0.3 is 0 Å². The van der Waals surface area contributed by atoms with Gasteiger partial charge in [-0.25, -0.2) is 4.39 Å². The van der Waals surface area contributed by atoms with Gasteiger partial charge < -0.3 is 0 Å². The van der Waals surface area contributed by atoms with Gasteiger partial charge in [0, 0.05) is 12.8 Å². The monoisotopic (exact) mass is 272 g/mol. The van der Waals surface area contributed by atoms with Crippen molar-refractivity contribution in [3.05, 3.63) is 22.5 Å². The maximum absolute atomic E-state index is 13.4. The lowest BCUT2D eigenvalue weighted by Gasteiger charge is -2.11. The van der Waals surface area contributed by atoms with Gasteiger partial charge in [-0.3, -0.25) is 10.3 Å². The third-order valence-electron chi connectivity index (χ3n) is 2.45. The summed E-state index contributed by atoms with van der Waals surface area (Å²) in [6, 6.07) is 0. The number of thioether (sulfide) groups is 1. The highest BCUT2D eigenvalue weighted by Crippen LogP contribution is 2.29. The van der Waals surface area contributed by atoms with Gasteiger partial charge in [-0.2, -0.15) is 15.0 Å². The molecule has 2 rings (SSSR count). The zero-order valence-corrected chi connectivity index (χ0v) is 11.7. The Hall–Kier alpha value is -1.08. The molecule has 1 aromatic heterocycles. The molecule has 1 aromatic rings. The molecule has 7 heteroatoms. The second-order valence-corrected chi connectivity index (χ2v) is 5.76. The Balaban J connectivity index is 2.03. The lowest BCUT2D eigenvalue weighted by Crippen LogP contribution is -2.20. The van der Waals surface area contributed by atoms with Gasteiger partial charge in [-0.15, -0.1) is 11.8 Å². The summed E-state index contributed by atoms with van der Waals surface area (Å²) in [5.74, 6) is 0.565. The zero-order chi connectivity index (χ0) is 13.3. The molecule has 0 aliphatic carbocycles. The predicted octanol–water partition coefficient (Wildman–Crippen LogP) is 2.23. The Morgan fingerprint density at radius 3 is 2.83 bits per heavy atom. The summed E-state index contributed by atoms with van der Waals surface area (Å²) < 4.78 is 13.4. The van der Waals surface area contributed by atoms with E-state index < -0.39 is 6.17 Å². The lowest BCUT2D eigenvalue weighted by molar-refractivity contribution is -0.0126. The predicted molar refractivity (Wildman–Crippen MR) is 68.2 cm³/mol. The molecule has 1 atom stereocenters. The Morgan fingerprint density at radius 2 is 2.28 bits per heavy atom. The summed E-state index contributed by atoms with van der Waals surface area (Å²) in [7, 11) is 1.69. The minimum absolute atomic E-state index is 0.305. The maximum Gasteiger partial charge on any atom is 0.143 e. The van der Waals surface area contributed by atoms with E-state index in [1.54, 1.807) is 7.05 Å². The quantitative estimate of drug-likeness (QED) is 0.911. The number of rotatable bonds is 4. The number of hydrogen-bond donors (Lipinski definition) is 1. The van der Waals surface area contributed by atoms with E-state index in [9.17, 15) is 4.39 Å². The van der Waals surface area contributed by atoms with E-state index in [1.807, 2.05) is 19.9 Å². The fourth-order valence-corrected chi connectivity index (χ4v) is 2.61. The SMILES string of the molecule is CC(F)c1nn(C)nc1CSC1=CC(C)(C)ON1. The van der Waals surface area contributed by atoms with E-state index in [0.29, 0.717) is 17.1 Å². The average molecular weight is 272 g/mol. The normalized spacial score (nSPS) is 19.5. The summed E-state index contributed by atoms with van der Waals surface area (Å²) in [6.45, 7) is 5.40. The van der Waals surface area contributed by atoms with Gasteiger partial charge in [0.05, 0.1) is 10.7 Å². The van der Waals surface area contributed by atoms with Crippen LogP contribution in [-0.2, 0) is 17.6 Å². The number of hydroxylamine groups is 1. The molecular formula is C11H17FN4OS. The molecule has 0 radical (unpaired) electrons. The van der Waals surface area contributed by atoms with E-state index in [2.05, 4.69) is 15.7 Å². The van der Waals surface area contributed by atoms with Crippen molar-refractivity contribution in [2.45, 2.75) is 38.3 Å². The molecule has 0 saturated carbocycles. The molecule has 0 saturated heterocycles. The molecule has 5 nitrogen and oxygen atoms in total. The third kappa shape index (κ3) is 3.02. The molecule has 1 unspecified atom stereocenters. The molecular weight excluding hydrogens is 255 g/mol. The Labute approximate surface area is 110 Å². The molecule has 1 aliphatic heterocycles. The van der Waals surface area contributed by atoms with Crippen molar-refractivity contribution in [1.82, 2.24) is 20.5 Å². The van der Waals surface area contributed by atoms with Crippen molar-refractivity contribution in [2.75, 3.05) is 0 Å². The van der Waals surface area contributed by atoms with Crippen molar-refractivity contribution in [3.8, 4) is 0 Å². The number of nitrogens with one attached hydrogen (secondary N) is 1. The van der Waals surface area contributed by atoms with E-state index in [1.165, 1.54) is 23.5 Å². The largest absolute Gasteiger partial charge is 0.265 e. The molecule has 18 heavy (non-hydrogen) atoms. The van der Waals surface area contributed by atoms with Crippen LogP contribution < -0.4 is 5.48 Å². The molecule has 0 bridgehead atoms. The first-order valence-corrected chi connectivity index (χ1v) is 6.70. The zero-order valence-electron chi connectivity index (χ0n) is 10.9. The van der Waals surface area contributed by atoms with Crippen LogP contribution in [0.4, 0.5) is 4.39 Å². The smallest absolute Gasteiger partial charge is 0.143 e. The molecule has 1 aliphatic rings. The molecule has 0 amide bonds. The standard InChI is InChI=1S/C11H17FN4OS/c1-7(12)10-8(13-16(4)14-10)6-18-9-5-11(2,3)17-15-9/h5,7,15H,6H2,1-4H3. The first kappa shape index (κ1) is 13.4. The first-order chi connectivity index (χ1) is 8.37. The van der Waals surface area contributed by atoms with E-state index in [0.717, 1.165) is 5.03 Å². The van der Waals surface area contributed by atoms with Gasteiger partial charge in [0.1, 0.15) is 17.5 Å². The van der Waals surface area contributed by atoms with E-state index in [-0.39, 0.29) is 5.60 Å². The second kappa shape index (κ2) is 4.89. The highest BCUT2D eigenvalue weighted by molar-refractivity contribution is 8.02. The summed E-state index contributed by atoms with van der Waals surface area (Å²) in [5.41, 5.74) is 3.62. The van der Waals surface area contributed by atoms with E-state index in [4.69, 9.17) is 4.84 Å². The van der Waals surface area contributed by atoms with Crippen LogP contribution in [0, 0.1) is 0 Å². The van der Waals surface area contributed by atoms with Gasteiger partial charge in [0.15, 0.2) is 0 Å². The first-order valence-electron chi connectivity index (χ1n) is 5.71. The molecule has 0 fully saturated rings. The van der Waals surface area contributed by atoms with Crippen molar-refractivity contribution >= 4 is 11.8 Å². The van der Waals surface area contributed by atoms with Crippen LogP contribution in [0.15, 0.2) is 11.1 Å². The summed E-state index contributed by atoms with van der Waals surface area (Å²) in [6.07, 6.45) is 0.888. The van der Waals surface area contributed by atoms with Crippen LogP contribution >= 0.6 is 11.8 Å². The van der Waals surface area contributed by atoms with Crippen molar-refractivity contribution in [3.63, 3.8) is 0 Å². The van der Waals surface area contributed by atoms with Gasteiger partial charge in [0.25, 0.3) is 0 Å². The maximum atomic E-state index is 13.4. The van der Waals surface area contributed by atoms with Crippen molar-refractivity contribution in [2.24, 2.45) is 7.05 Å². The molecule has 0 aromatic carbocycles. The number of alkyl halides is 1. The number of hydrogen-bond acceptors (Lipinski definition) is 5. The fraction of sp³-hybridized carbons (Fsp3) is 0.636. The lowest BCUT2D eigenvalue weighted by atomic mass is 10.1. The summed E-state index contributed by atoms with van der Waals surface area (Å²) >= 11 is 1.53.